The highest BCUT2D eigenvalue weighted by atomic mass is 16.6. The summed E-state index contributed by atoms with van der Waals surface area (Å²) in [5, 5.41) is 14.6. The Labute approximate surface area is 221 Å². The number of dihydropyridines is 1. The molecule has 0 fully saturated rings. The molecule has 3 atom stereocenters. The average Bonchev–Trinajstić information content (AvgIpc) is 2.91. The van der Waals surface area contributed by atoms with Crippen LogP contribution in [0.3, 0.4) is 0 Å². The minimum Gasteiger partial charge on any atom is -0.493 e. The number of benzene rings is 2. The van der Waals surface area contributed by atoms with E-state index in [4.69, 9.17) is 14.2 Å². The van der Waals surface area contributed by atoms with E-state index in [1.807, 2.05) is 32.0 Å². The van der Waals surface area contributed by atoms with Crippen molar-refractivity contribution in [3.8, 4) is 11.5 Å². The number of hydrogen-bond acceptors (Lipinski definition) is 8. The summed E-state index contributed by atoms with van der Waals surface area (Å²) >= 11 is 0. The van der Waals surface area contributed by atoms with E-state index in [9.17, 15) is 19.7 Å². The molecule has 2 aromatic rings. The van der Waals surface area contributed by atoms with E-state index in [2.05, 4.69) is 5.32 Å². The van der Waals surface area contributed by atoms with Gasteiger partial charge in [-0.3, -0.25) is 14.9 Å². The molecule has 0 saturated heterocycles. The molecule has 0 bridgehead atoms. The van der Waals surface area contributed by atoms with Crippen molar-refractivity contribution in [2.75, 3.05) is 14.2 Å². The zero-order chi connectivity index (χ0) is 27.6. The third-order valence-corrected chi connectivity index (χ3v) is 7.25. The first-order chi connectivity index (χ1) is 18.2. The molecule has 9 nitrogen and oxygen atoms in total. The van der Waals surface area contributed by atoms with Crippen LogP contribution in [0.5, 0.6) is 11.5 Å². The van der Waals surface area contributed by atoms with Gasteiger partial charge in [-0.15, -0.1) is 0 Å². The summed E-state index contributed by atoms with van der Waals surface area (Å²) < 4.78 is 16.5. The number of hydrogen-bond donors (Lipinski definition) is 1. The molecule has 4 rings (SSSR count). The van der Waals surface area contributed by atoms with Crippen LogP contribution < -0.4 is 14.8 Å². The highest BCUT2D eigenvalue weighted by Crippen LogP contribution is 2.46. The quantitative estimate of drug-likeness (QED) is 0.283. The molecular formula is C29H32N2O7. The molecule has 2 aliphatic rings. The van der Waals surface area contributed by atoms with Crippen molar-refractivity contribution in [3.63, 3.8) is 0 Å². The van der Waals surface area contributed by atoms with E-state index in [1.165, 1.54) is 12.1 Å². The van der Waals surface area contributed by atoms with Gasteiger partial charge in [-0.1, -0.05) is 25.1 Å². The maximum Gasteiger partial charge on any atom is 0.337 e. The fraction of sp³-hybridized carbons (Fsp3) is 0.379. The fourth-order valence-corrected chi connectivity index (χ4v) is 5.10. The van der Waals surface area contributed by atoms with Gasteiger partial charge in [-0.2, -0.15) is 0 Å². The van der Waals surface area contributed by atoms with Crippen LogP contribution in [0, 0.1) is 10.1 Å². The molecule has 0 aromatic heterocycles. The summed E-state index contributed by atoms with van der Waals surface area (Å²) in [6.45, 7) is 5.53. The van der Waals surface area contributed by atoms with Crippen molar-refractivity contribution in [1.82, 2.24) is 5.32 Å². The number of allylic oxidation sites excluding steroid dienone is 3. The van der Waals surface area contributed by atoms with Gasteiger partial charge in [0.15, 0.2) is 17.3 Å². The largest absolute Gasteiger partial charge is 0.493 e. The Hall–Kier alpha value is -4.14. The van der Waals surface area contributed by atoms with Gasteiger partial charge in [0.25, 0.3) is 5.69 Å². The highest BCUT2D eigenvalue weighted by molar-refractivity contribution is 6.04. The lowest BCUT2D eigenvalue weighted by atomic mass is 9.71. The van der Waals surface area contributed by atoms with Gasteiger partial charge in [0.05, 0.1) is 30.8 Å². The first kappa shape index (κ1) is 26.9. The summed E-state index contributed by atoms with van der Waals surface area (Å²) in [5.41, 5.74) is 3.68. The lowest BCUT2D eigenvalue weighted by molar-refractivity contribution is -0.384. The van der Waals surface area contributed by atoms with Crippen molar-refractivity contribution in [2.45, 2.75) is 58.0 Å². The summed E-state index contributed by atoms with van der Waals surface area (Å²) in [4.78, 5) is 37.9. The SMILES string of the molecule is CCC(C)OC(=O)C1=C(C)NC2=C(C(=O)CC(c3ccc(OC)c(OC)c3)C2)C1c1ccc([N+](=O)[O-])cc1. The number of nitrogens with zero attached hydrogens (tertiary/aromatic N) is 1. The van der Waals surface area contributed by atoms with Gasteiger partial charge in [-0.05, 0) is 55.9 Å². The maximum absolute atomic E-state index is 13.8. The van der Waals surface area contributed by atoms with Crippen LogP contribution in [0.2, 0.25) is 0 Å². The number of carbonyl (C=O) groups is 2. The third-order valence-electron chi connectivity index (χ3n) is 7.25. The number of ketones is 1. The van der Waals surface area contributed by atoms with Crippen molar-refractivity contribution in [2.24, 2.45) is 0 Å². The number of ether oxygens (including phenoxy) is 3. The van der Waals surface area contributed by atoms with Crippen molar-refractivity contribution in [3.05, 3.63) is 86.2 Å². The molecule has 1 aliphatic heterocycles. The first-order valence-corrected chi connectivity index (χ1v) is 12.6. The maximum atomic E-state index is 13.8. The monoisotopic (exact) mass is 520 g/mol. The zero-order valence-corrected chi connectivity index (χ0v) is 22.2. The second kappa shape index (κ2) is 11.1. The molecule has 0 saturated carbocycles. The second-order valence-corrected chi connectivity index (χ2v) is 9.60. The fourth-order valence-electron chi connectivity index (χ4n) is 5.10. The molecule has 0 spiro atoms. The first-order valence-electron chi connectivity index (χ1n) is 12.6. The molecule has 3 unspecified atom stereocenters. The molecule has 1 heterocycles. The summed E-state index contributed by atoms with van der Waals surface area (Å²) in [7, 11) is 3.14. The molecular weight excluding hydrogens is 488 g/mol. The lowest BCUT2D eigenvalue weighted by Gasteiger charge is -2.37. The van der Waals surface area contributed by atoms with Gasteiger partial charge in [0, 0.05) is 41.4 Å². The lowest BCUT2D eigenvalue weighted by Crippen LogP contribution is -2.36. The molecule has 1 aliphatic carbocycles. The number of non-ortho nitro benzene ring substituents is 1. The van der Waals surface area contributed by atoms with E-state index >= 15 is 0 Å². The van der Waals surface area contributed by atoms with E-state index in [-0.39, 0.29) is 29.9 Å². The van der Waals surface area contributed by atoms with Crippen LogP contribution >= 0.6 is 0 Å². The molecule has 2 aromatic carbocycles. The summed E-state index contributed by atoms with van der Waals surface area (Å²) in [6, 6.07) is 11.6. The molecule has 0 amide bonds. The standard InChI is InChI=1S/C29H32N2O7/c1-6-16(2)38-29(33)26-17(3)30-22-13-20(19-9-12-24(36-4)25(15-19)37-5)14-23(32)28(22)27(26)18-7-10-21(11-8-18)31(34)35/h7-12,15-16,20,27,30H,6,13-14H2,1-5H3. The second-order valence-electron chi connectivity index (χ2n) is 9.60. The van der Waals surface area contributed by atoms with Crippen LogP contribution in [-0.2, 0) is 14.3 Å². The molecule has 0 radical (unpaired) electrons. The Bertz CT molecular complexity index is 1330. The molecule has 200 valence electrons. The van der Waals surface area contributed by atoms with Gasteiger partial charge >= 0.3 is 5.97 Å². The van der Waals surface area contributed by atoms with Crippen molar-refractivity contribution >= 4 is 17.4 Å². The van der Waals surface area contributed by atoms with Crippen LogP contribution in [0.4, 0.5) is 5.69 Å². The Kier molecular flexibility index (Phi) is 7.85. The van der Waals surface area contributed by atoms with E-state index in [0.717, 1.165) is 11.3 Å². The van der Waals surface area contributed by atoms with E-state index in [0.29, 0.717) is 46.7 Å². The Morgan fingerprint density at radius 3 is 2.34 bits per heavy atom. The molecule has 1 N–H and O–H groups in total. The van der Waals surface area contributed by atoms with Crippen molar-refractivity contribution in [1.29, 1.82) is 0 Å². The number of nitro groups is 1. The number of nitro benzene ring substituents is 1. The highest BCUT2D eigenvalue weighted by Gasteiger charge is 2.42. The number of nitrogens with one attached hydrogen (secondary N) is 1. The Balaban J connectivity index is 1.77. The number of methoxy groups -OCH3 is 2. The number of Topliss-reactive ketones (excluding diaryl/α,β-unsaturated/α-hetero) is 1. The van der Waals surface area contributed by atoms with E-state index in [1.54, 1.807) is 33.3 Å². The van der Waals surface area contributed by atoms with Gasteiger partial charge in [0.1, 0.15) is 0 Å². The van der Waals surface area contributed by atoms with E-state index < -0.39 is 16.8 Å². The Morgan fingerprint density at radius 2 is 1.74 bits per heavy atom. The minimum absolute atomic E-state index is 0.0650. The molecule has 9 heteroatoms. The zero-order valence-electron chi connectivity index (χ0n) is 22.2. The predicted octanol–water partition coefficient (Wildman–Crippen LogP) is 5.32. The number of rotatable bonds is 8. The topological polar surface area (TPSA) is 117 Å². The number of esters is 1. The predicted molar refractivity (Wildman–Crippen MR) is 141 cm³/mol. The van der Waals surface area contributed by atoms with Crippen LogP contribution in [0.25, 0.3) is 0 Å². The van der Waals surface area contributed by atoms with Crippen LogP contribution in [0.15, 0.2) is 65.0 Å². The molecule has 38 heavy (non-hydrogen) atoms. The minimum atomic E-state index is -0.692. The normalized spacial score (nSPS) is 19.9. The van der Waals surface area contributed by atoms with Crippen LogP contribution in [0.1, 0.15) is 63.0 Å². The smallest absolute Gasteiger partial charge is 0.337 e. The third kappa shape index (κ3) is 5.14. The summed E-state index contributed by atoms with van der Waals surface area (Å²) in [5.74, 6) is -0.202. The summed E-state index contributed by atoms with van der Waals surface area (Å²) in [6.07, 6.45) is 1.14. The van der Waals surface area contributed by atoms with Crippen LogP contribution in [-0.4, -0.2) is 37.0 Å². The van der Waals surface area contributed by atoms with Crippen molar-refractivity contribution < 1.29 is 28.7 Å². The van der Waals surface area contributed by atoms with Gasteiger partial charge in [-0.25, -0.2) is 4.79 Å². The number of carbonyl (C=O) groups excluding carboxylic acids is 2. The van der Waals surface area contributed by atoms with Gasteiger partial charge < -0.3 is 19.5 Å². The average molecular weight is 521 g/mol. The van der Waals surface area contributed by atoms with Gasteiger partial charge in [0.2, 0.25) is 0 Å². The Morgan fingerprint density at radius 1 is 1.08 bits per heavy atom.